The zero-order valence-corrected chi connectivity index (χ0v) is 15.9. The maximum atomic E-state index is 12.9. The average molecular weight is 380 g/mol. The summed E-state index contributed by atoms with van der Waals surface area (Å²) >= 11 is 1.34. The molecule has 3 heterocycles. The number of nitrogens with one attached hydrogen (secondary N) is 1. The Morgan fingerprint density at radius 1 is 1.22 bits per heavy atom. The van der Waals surface area contributed by atoms with Crippen molar-refractivity contribution in [3.63, 3.8) is 0 Å². The molecule has 27 heavy (non-hydrogen) atoms. The lowest BCUT2D eigenvalue weighted by Gasteiger charge is -2.30. The van der Waals surface area contributed by atoms with E-state index in [1.54, 1.807) is 9.58 Å². The second-order valence-electron chi connectivity index (χ2n) is 6.24. The van der Waals surface area contributed by atoms with Crippen molar-refractivity contribution in [2.24, 2.45) is 0 Å². The number of nitrogens with zero attached hydrogens (tertiary/aromatic N) is 4. The van der Waals surface area contributed by atoms with Gasteiger partial charge in [0.2, 0.25) is 11.1 Å². The largest absolute Gasteiger partial charge is 0.325 e. The predicted molar refractivity (Wildman–Crippen MR) is 103 cm³/mol. The molecule has 1 aromatic carbocycles. The number of aryl methyl sites for hydroxylation is 1. The highest BCUT2D eigenvalue weighted by Gasteiger charge is 2.45. The first kappa shape index (κ1) is 17.4. The number of carbonyl (C=O) groups excluding carboxylic acids is 1. The lowest BCUT2D eigenvalue weighted by atomic mass is 10.0. The van der Waals surface area contributed by atoms with Crippen LogP contribution >= 0.6 is 11.8 Å². The number of amides is 1. The first-order valence-corrected chi connectivity index (χ1v) is 9.66. The van der Waals surface area contributed by atoms with Crippen LogP contribution in [0.2, 0.25) is 0 Å². The van der Waals surface area contributed by atoms with Crippen LogP contribution in [0.4, 0.5) is 5.69 Å². The minimum absolute atomic E-state index is 0.151. The van der Waals surface area contributed by atoms with E-state index in [-0.39, 0.29) is 11.5 Å². The smallest absolute Gasteiger partial charge is 0.291 e. The lowest BCUT2D eigenvalue weighted by Crippen LogP contribution is -2.60. The molecule has 0 saturated carbocycles. The number of benzene rings is 1. The fraction of sp³-hybridized carbons (Fsp3) is 0.211. The zero-order valence-electron chi connectivity index (χ0n) is 15.1. The van der Waals surface area contributed by atoms with E-state index in [2.05, 4.69) is 15.1 Å². The van der Waals surface area contributed by atoms with E-state index in [0.717, 1.165) is 5.69 Å². The molecule has 2 aromatic heterocycles. The van der Waals surface area contributed by atoms with Crippen molar-refractivity contribution in [1.82, 2.24) is 15.1 Å². The van der Waals surface area contributed by atoms with Crippen LogP contribution in [0.25, 0.3) is 11.3 Å². The van der Waals surface area contributed by atoms with Gasteiger partial charge in [-0.2, -0.15) is 0 Å². The number of aromatic nitrogens is 4. The van der Waals surface area contributed by atoms with Gasteiger partial charge >= 0.3 is 17.4 Å². The molecule has 1 atom stereocenters. The van der Waals surface area contributed by atoms with E-state index in [0.29, 0.717) is 27.8 Å². The van der Waals surface area contributed by atoms with Crippen LogP contribution < -0.4 is 15.1 Å². The molecular formula is C19H18N5O2S+. The number of pyridine rings is 1. The molecule has 0 radical (unpaired) electrons. The van der Waals surface area contributed by atoms with E-state index in [1.807, 2.05) is 55.6 Å². The Balaban J connectivity index is 2.10. The predicted octanol–water partition coefficient (Wildman–Crippen LogP) is 2.06. The molecule has 1 N–H and O–H groups in total. The van der Waals surface area contributed by atoms with Gasteiger partial charge < -0.3 is 0 Å². The summed E-state index contributed by atoms with van der Waals surface area (Å²) in [5.41, 5.74) is 2.97. The van der Waals surface area contributed by atoms with Gasteiger partial charge in [0, 0.05) is 17.7 Å². The molecule has 3 aromatic rings. The molecule has 7 nitrogen and oxygen atoms in total. The Morgan fingerprint density at radius 2 is 2.00 bits per heavy atom. The van der Waals surface area contributed by atoms with Crippen molar-refractivity contribution in [3.8, 4) is 11.3 Å². The SMILES string of the molecule is CSc1n[n+]2c(c(=O)[nH]1)-c1ccccc1N(C(C)=O)[C@H]2c1cccc(C)n1. The van der Waals surface area contributed by atoms with Crippen molar-refractivity contribution in [1.29, 1.82) is 0 Å². The topological polar surface area (TPSA) is 82.8 Å². The number of rotatable bonds is 2. The monoisotopic (exact) mass is 380 g/mol. The highest BCUT2D eigenvalue weighted by Crippen LogP contribution is 2.36. The molecule has 1 amide bonds. The molecule has 0 bridgehead atoms. The van der Waals surface area contributed by atoms with Crippen LogP contribution in [0.15, 0.2) is 52.4 Å². The molecular weight excluding hydrogens is 362 g/mol. The van der Waals surface area contributed by atoms with Gasteiger partial charge in [-0.3, -0.25) is 14.6 Å². The number of para-hydroxylation sites is 1. The lowest BCUT2D eigenvalue weighted by molar-refractivity contribution is -0.763. The number of hydrogen-bond donors (Lipinski definition) is 1. The minimum Gasteiger partial charge on any atom is -0.291 e. The maximum Gasteiger partial charge on any atom is 0.325 e. The first-order chi connectivity index (χ1) is 13.0. The van der Waals surface area contributed by atoms with Gasteiger partial charge in [-0.15, -0.1) is 0 Å². The molecule has 0 aliphatic carbocycles. The number of fused-ring (bicyclic) bond motifs is 3. The summed E-state index contributed by atoms with van der Waals surface area (Å²) < 4.78 is 1.61. The van der Waals surface area contributed by atoms with Crippen LogP contribution in [-0.4, -0.2) is 27.2 Å². The normalized spacial score (nSPS) is 15.2. The zero-order chi connectivity index (χ0) is 19.1. The summed E-state index contributed by atoms with van der Waals surface area (Å²) in [6.45, 7) is 3.40. The van der Waals surface area contributed by atoms with E-state index in [4.69, 9.17) is 0 Å². The Morgan fingerprint density at radius 3 is 2.70 bits per heavy atom. The van der Waals surface area contributed by atoms with Crippen LogP contribution in [0.3, 0.4) is 0 Å². The summed E-state index contributed by atoms with van der Waals surface area (Å²) in [6, 6.07) is 13.0. The molecule has 136 valence electrons. The molecule has 0 saturated heterocycles. The number of H-pyrrole nitrogens is 1. The van der Waals surface area contributed by atoms with Gasteiger partial charge in [0.1, 0.15) is 5.69 Å². The summed E-state index contributed by atoms with van der Waals surface area (Å²) in [4.78, 5) is 34.6. The fourth-order valence-corrected chi connectivity index (χ4v) is 3.74. The van der Waals surface area contributed by atoms with E-state index in [9.17, 15) is 9.59 Å². The van der Waals surface area contributed by atoms with Gasteiger partial charge in [-0.1, -0.05) is 30.0 Å². The van der Waals surface area contributed by atoms with Gasteiger partial charge in [-0.25, -0.2) is 9.88 Å². The Kier molecular flexibility index (Phi) is 4.27. The summed E-state index contributed by atoms with van der Waals surface area (Å²) in [7, 11) is 0. The second kappa shape index (κ2) is 6.62. The molecule has 4 rings (SSSR count). The first-order valence-electron chi connectivity index (χ1n) is 8.44. The Labute approximate surface area is 160 Å². The number of thioether (sulfide) groups is 1. The number of aromatic amines is 1. The van der Waals surface area contributed by atoms with Gasteiger partial charge in [0.05, 0.1) is 11.3 Å². The third-order valence-electron chi connectivity index (χ3n) is 4.47. The highest BCUT2D eigenvalue weighted by molar-refractivity contribution is 7.98. The summed E-state index contributed by atoms with van der Waals surface area (Å²) in [6.07, 6.45) is 1.20. The van der Waals surface area contributed by atoms with Crippen molar-refractivity contribution < 1.29 is 9.48 Å². The Hall–Kier alpha value is -3.00. The van der Waals surface area contributed by atoms with Crippen molar-refractivity contribution in [2.75, 3.05) is 11.2 Å². The third kappa shape index (κ3) is 2.82. The highest BCUT2D eigenvalue weighted by atomic mass is 32.2. The quantitative estimate of drug-likeness (QED) is 0.544. The molecule has 0 unspecified atom stereocenters. The van der Waals surface area contributed by atoms with Crippen molar-refractivity contribution in [2.45, 2.75) is 25.2 Å². The van der Waals surface area contributed by atoms with Gasteiger partial charge in [0.15, 0.2) is 0 Å². The molecule has 1 aliphatic heterocycles. The number of carbonyl (C=O) groups is 1. The van der Waals surface area contributed by atoms with Crippen LogP contribution in [0.5, 0.6) is 0 Å². The minimum atomic E-state index is -0.638. The maximum absolute atomic E-state index is 12.9. The second-order valence-corrected chi connectivity index (χ2v) is 7.04. The van der Waals surface area contributed by atoms with Gasteiger partial charge in [0.25, 0.3) is 0 Å². The third-order valence-corrected chi connectivity index (χ3v) is 5.04. The fourth-order valence-electron chi connectivity index (χ4n) is 3.38. The van der Waals surface area contributed by atoms with Gasteiger partial charge in [-0.05, 0) is 42.1 Å². The standard InChI is InChI=1S/C19H17N5O2S/c1-11-7-6-9-14(20-11)18-23(12(2)25)15-10-5-4-8-13(15)16-17(26)21-19(27-3)22-24(16)18/h4-10,18H,1-3H3/p+1/t18-/m1/s1. The molecule has 8 heteroatoms. The van der Waals surface area contributed by atoms with E-state index < -0.39 is 6.17 Å². The number of hydrogen-bond acceptors (Lipinski definition) is 5. The molecule has 0 fully saturated rings. The average Bonchev–Trinajstić information content (AvgIpc) is 2.66. The van der Waals surface area contributed by atoms with Crippen LogP contribution in [0, 0.1) is 6.92 Å². The van der Waals surface area contributed by atoms with E-state index in [1.165, 1.54) is 18.7 Å². The van der Waals surface area contributed by atoms with Crippen LogP contribution in [-0.2, 0) is 4.79 Å². The number of anilines is 1. The van der Waals surface area contributed by atoms with E-state index >= 15 is 0 Å². The van der Waals surface area contributed by atoms with Crippen LogP contribution in [0.1, 0.15) is 24.5 Å². The van der Waals surface area contributed by atoms with Crippen molar-refractivity contribution in [3.05, 3.63) is 64.2 Å². The summed E-state index contributed by atoms with van der Waals surface area (Å²) in [5, 5.41) is 5.08. The Bertz CT molecular complexity index is 1110. The van der Waals surface area contributed by atoms with Crippen molar-refractivity contribution >= 4 is 23.4 Å². The summed E-state index contributed by atoms with van der Waals surface area (Å²) in [5.74, 6) is -0.151. The molecule has 0 spiro atoms. The molecule has 1 aliphatic rings.